The van der Waals surface area contributed by atoms with Gasteiger partial charge in [0.1, 0.15) is 5.75 Å². The van der Waals surface area contributed by atoms with Crippen molar-refractivity contribution in [2.75, 3.05) is 7.11 Å². The Morgan fingerprint density at radius 2 is 1.91 bits per heavy atom. The molecule has 0 saturated carbocycles. The Morgan fingerprint density at radius 3 is 2.70 bits per heavy atom. The maximum Gasteiger partial charge on any atom is 0.251 e. The molecule has 0 bridgehead atoms. The first kappa shape index (κ1) is 15.2. The Kier molecular flexibility index (Phi) is 4.63. The van der Waals surface area contributed by atoms with Gasteiger partial charge in [-0.15, -0.1) is 10.2 Å². The number of nitrogens with one attached hydrogen (secondary N) is 1. The zero-order valence-corrected chi connectivity index (χ0v) is 13.1. The summed E-state index contributed by atoms with van der Waals surface area (Å²) >= 11 is 0. The lowest BCUT2D eigenvalue weighted by atomic mass is 10.1. The minimum Gasteiger partial charge on any atom is -0.496 e. The molecule has 3 rings (SSSR count). The van der Waals surface area contributed by atoms with Crippen LogP contribution < -0.4 is 10.1 Å². The van der Waals surface area contributed by atoms with Crippen LogP contribution in [0.5, 0.6) is 5.75 Å². The molecule has 118 valence electrons. The third-order valence-corrected chi connectivity index (χ3v) is 3.57. The number of benzene rings is 1. The molecular formula is C17H18N4O2. The normalized spacial score (nSPS) is 12.1. The quantitative estimate of drug-likeness (QED) is 0.754. The zero-order valence-electron chi connectivity index (χ0n) is 13.1. The smallest absolute Gasteiger partial charge is 0.251 e. The molecule has 0 aliphatic rings. The van der Waals surface area contributed by atoms with E-state index >= 15 is 0 Å². The van der Waals surface area contributed by atoms with Crippen LogP contribution in [-0.2, 0) is 6.54 Å². The van der Waals surface area contributed by atoms with Gasteiger partial charge in [-0.25, -0.2) is 0 Å². The number of hydrogen-bond acceptors (Lipinski definition) is 6. The van der Waals surface area contributed by atoms with E-state index in [4.69, 9.17) is 9.15 Å². The molecule has 0 spiro atoms. The molecule has 1 atom stereocenters. The van der Waals surface area contributed by atoms with Crippen molar-refractivity contribution in [1.29, 1.82) is 0 Å². The molecule has 0 aliphatic heterocycles. The SMILES string of the molecule is COc1ccccc1-c1nnc(CN[C@@H](C)c2ccncc2)o1. The maximum absolute atomic E-state index is 5.72. The highest BCUT2D eigenvalue weighted by Gasteiger charge is 2.13. The molecule has 6 heteroatoms. The van der Waals surface area contributed by atoms with Gasteiger partial charge in [0.2, 0.25) is 5.89 Å². The summed E-state index contributed by atoms with van der Waals surface area (Å²) < 4.78 is 11.0. The van der Waals surface area contributed by atoms with Gasteiger partial charge < -0.3 is 14.5 Å². The first-order valence-electron chi connectivity index (χ1n) is 7.37. The zero-order chi connectivity index (χ0) is 16.1. The average Bonchev–Trinajstić information content (AvgIpc) is 3.09. The molecule has 2 aromatic heterocycles. The van der Waals surface area contributed by atoms with E-state index in [9.17, 15) is 0 Å². The summed E-state index contributed by atoms with van der Waals surface area (Å²) in [6.07, 6.45) is 3.56. The fraction of sp³-hybridized carbons (Fsp3) is 0.235. The maximum atomic E-state index is 5.72. The van der Waals surface area contributed by atoms with Gasteiger partial charge in [0.25, 0.3) is 5.89 Å². The van der Waals surface area contributed by atoms with E-state index in [1.165, 1.54) is 0 Å². The fourth-order valence-corrected chi connectivity index (χ4v) is 2.27. The second-order valence-corrected chi connectivity index (χ2v) is 5.08. The van der Waals surface area contributed by atoms with Crippen LogP contribution in [0.25, 0.3) is 11.5 Å². The summed E-state index contributed by atoms with van der Waals surface area (Å²) in [7, 11) is 1.62. The predicted molar refractivity (Wildman–Crippen MR) is 85.8 cm³/mol. The summed E-state index contributed by atoms with van der Waals surface area (Å²) in [5.41, 5.74) is 1.94. The Balaban J connectivity index is 1.68. The molecule has 0 amide bonds. The predicted octanol–water partition coefficient (Wildman–Crippen LogP) is 2.99. The van der Waals surface area contributed by atoms with Crippen LogP contribution in [0.1, 0.15) is 24.4 Å². The largest absolute Gasteiger partial charge is 0.496 e. The Morgan fingerprint density at radius 1 is 1.13 bits per heavy atom. The lowest BCUT2D eigenvalue weighted by Crippen LogP contribution is -2.18. The number of ether oxygens (including phenoxy) is 1. The molecule has 0 unspecified atom stereocenters. The van der Waals surface area contributed by atoms with Gasteiger partial charge in [-0.05, 0) is 36.8 Å². The lowest BCUT2D eigenvalue weighted by molar-refractivity contribution is 0.412. The van der Waals surface area contributed by atoms with Gasteiger partial charge in [0.15, 0.2) is 0 Å². The van der Waals surface area contributed by atoms with Gasteiger partial charge >= 0.3 is 0 Å². The van der Waals surface area contributed by atoms with Crippen molar-refractivity contribution in [3.63, 3.8) is 0 Å². The topological polar surface area (TPSA) is 73.1 Å². The number of para-hydroxylation sites is 1. The number of rotatable bonds is 6. The molecule has 3 aromatic rings. The van der Waals surface area contributed by atoms with Crippen LogP contribution in [0.15, 0.2) is 53.2 Å². The fourth-order valence-electron chi connectivity index (χ4n) is 2.27. The highest BCUT2D eigenvalue weighted by atomic mass is 16.5. The van der Waals surface area contributed by atoms with E-state index in [2.05, 4.69) is 27.4 Å². The molecule has 6 nitrogen and oxygen atoms in total. The van der Waals surface area contributed by atoms with E-state index in [1.54, 1.807) is 19.5 Å². The molecule has 0 aliphatic carbocycles. The first-order chi connectivity index (χ1) is 11.3. The lowest BCUT2D eigenvalue weighted by Gasteiger charge is -2.11. The van der Waals surface area contributed by atoms with Crippen LogP contribution in [-0.4, -0.2) is 22.3 Å². The molecule has 1 N–H and O–H groups in total. The van der Waals surface area contributed by atoms with Crippen molar-refractivity contribution in [1.82, 2.24) is 20.5 Å². The number of hydrogen-bond donors (Lipinski definition) is 1. The van der Waals surface area contributed by atoms with Crippen LogP contribution in [0.2, 0.25) is 0 Å². The van der Waals surface area contributed by atoms with Crippen LogP contribution in [0, 0.1) is 0 Å². The second kappa shape index (κ2) is 7.02. The highest BCUT2D eigenvalue weighted by Crippen LogP contribution is 2.28. The Hall–Kier alpha value is -2.73. The molecule has 0 fully saturated rings. The highest BCUT2D eigenvalue weighted by molar-refractivity contribution is 5.62. The first-order valence-corrected chi connectivity index (χ1v) is 7.37. The Labute approximate surface area is 134 Å². The molecule has 0 saturated heterocycles. The van der Waals surface area contributed by atoms with Gasteiger partial charge in [0.05, 0.1) is 19.2 Å². The minimum atomic E-state index is 0.166. The standard InChI is InChI=1S/C17H18N4O2/c1-12(13-7-9-18-10-8-13)19-11-16-20-21-17(23-16)14-5-3-4-6-15(14)22-2/h3-10,12,19H,11H2,1-2H3/t12-/m0/s1. The summed E-state index contributed by atoms with van der Waals surface area (Å²) in [6.45, 7) is 2.57. The van der Waals surface area contributed by atoms with Crippen molar-refractivity contribution in [2.45, 2.75) is 19.5 Å². The summed E-state index contributed by atoms with van der Waals surface area (Å²) in [4.78, 5) is 4.02. The molecule has 0 radical (unpaired) electrons. The van der Waals surface area contributed by atoms with Crippen molar-refractivity contribution >= 4 is 0 Å². The molecule has 23 heavy (non-hydrogen) atoms. The monoisotopic (exact) mass is 310 g/mol. The van der Waals surface area contributed by atoms with Gasteiger partial charge in [-0.2, -0.15) is 0 Å². The van der Waals surface area contributed by atoms with E-state index < -0.39 is 0 Å². The molecule has 2 heterocycles. The van der Waals surface area contributed by atoms with Gasteiger partial charge in [0, 0.05) is 18.4 Å². The van der Waals surface area contributed by atoms with Crippen molar-refractivity contribution in [3.8, 4) is 17.2 Å². The van der Waals surface area contributed by atoms with Crippen molar-refractivity contribution in [2.24, 2.45) is 0 Å². The summed E-state index contributed by atoms with van der Waals surface area (Å²) in [5, 5.41) is 11.5. The van der Waals surface area contributed by atoms with E-state index in [0.717, 1.165) is 11.1 Å². The van der Waals surface area contributed by atoms with Crippen LogP contribution in [0.4, 0.5) is 0 Å². The van der Waals surface area contributed by atoms with Crippen LogP contribution in [0.3, 0.4) is 0 Å². The number of aromatic nitrogens is 3. The van der Waals surface area contributed by atoms with E-state index in [0.29, 0.717) is 24.1 Å². The van der Waals surface area contributed by atoms with Gasteiger partial charge in [-0.1, -0.05) is 12.1 Å². The third-order valence-electron chi connectivity index (χ3n) is 3.57. The minimum absolute atomic E-state index is 0.166. The molecular weight excluding hydrogens is 292 g/mol. The summed E-state index contributed by atoms with van der Waals surface area (Å²) in [5.74, 6) is 1.70. The third kappa shape index (κ3) is 3.54. The van der Waals surface area contributed by atoms with Crippen molar-refractivity contribution in [3.05, 3.63) is 60.2 Å². The average molecular weight is 310 g/mol. The van der Waals surface area contributed by atoms with Gasteiger partial charge in [-0.3, -0.25) is 4.98 Å². The number of nitrogens with zero attached hydrogens (tertiary/aromatic N) is 3. The van der Waals surface area contributed by atoms with Crippen molar-refractivity contribution < 1.29 is 9.15 Å². The van der Waals surface area contributed by atoms with E-state index in [1.807, 2.05) is 36.4 Å². The summed E-state index contributed by atoms with van der Waals surface area (Å²) in [6, 6.07) is 11.7. The number of pyridine rings is 1. The Bertz CT molecular complexity index is 758. The number of methoxy groups -OCH3 is 1. The van der Waals surface area contributed by atoms with Crippen LogP contribution >= 0.6 is 0 Å². The second-order valence-electron chi connectivity index (χ2n) is 5.08. The van der Waals surface area contributed by atoms with E-state index in [-0.39, 0.29) is 6.04 Å². The molecule has 1 aromatic carbocycles.